The molecular formula is C22H27N3O3S. The van der Waals surface area contributed by atoms with E-state index in [-0.39, 0.29) is 22.9 Å². The van der Waals surface area contributed by atoms with E-state index in [2.05, 4.69) is 5.32 Å². The number of carbonyl (C=O) groups excluding carboxylic acids is 2. The zero-order valence-corrected chi connectivity index (χ0v) is 17.8. The highest BCUT2D eigenvalue weighted by Gasteiger charge is 2.26. The van der Waals surface area contributed by atoms with Crippen LogP contribution in [0, 0.1) is 0 Å². The lowest BCUT2D eigenvalue weighted by Crippen LogP contribution is -2.41. The van der Waals surface area contributed by atoms with Gasteiger partial charge in [-0.25, -0.2) is 0 Å². The first kappa shape index (κ1) is 21.2. The molecule has 6 nitrogen and oxygen atoms in total. The number of carbonyl (C=O) groups is 2. The first-order valence-electron chi connectivity index (χ1n) is 9.83. The molecule has 2 heterocycles. The highest BCUT2D eigenvalue weighted by molar-refractivity contribution is 7.98. The number of hydrogen-bond donors (Lipinski definition) is 1. The fourth-order valence-electron chi connectivity index (χ4n) is 3.63. The molecule has 0 spiro atoms. The predicted octanol–water partition coefficient (Wildman–Crippen LogP) is 2.09. The van der Waals surface area contributed by atoms with Gasteiger partial charge in [0, 0.05) is 45.1 Å². The maximum absolute atomic E-state index is 13.2. The topological polar surface area (TPSA) is 71.4 Å². The summed E-state index contributed by atoms with van der Waals surface area (Å²) in [5.74, 6) is 0.482. The Morgan fingerprint density at radius 1 is 1.21 bits per heavy atom. The molecule has 0 aliphatic carbocycles. The maximum Gasteiger partial charge on any atom is 0.263 e. The van der Waals surface area contributed by atoms with Crippen LogP contribution < -0.4 is 10.9 Å². The second kappa shape index (κ2) is 9.78. The van der Waals surface area contributed by atoms with Crippen LogP contribution in [0.3, 0.4) is 0 Å². The summed E-state index contributed by atoms with van der Waals surface area (Å²) >= 11 is 1.64. The van der Waals surface area contributed by atoms with Crippen molar-refractivity contribution in [1.82, 2.24) is 14.8 Å². The highest BCUT2D eigenvalue weighted by atomic mass is 32.2. The molecule has 2 amide bonds. The molecule has 7 heteroatoms. The minimum absolute atomic E-state index is 0.00339. The van der Waals surface area contributed by atoms with Crippen LogP contribution in [0.1, 0.15) is 34.0 Å². The number of nitrogens with one attached hydrogen (secondary N) is 1. The van der Waals surface area contributed by atoms with Crippen LogP contribution >= 0.6 is 11.8 Å². The standard InChI is InChI=1S/C22H27N3O3S/c1-16(26)24-12-9-19-18(14-24)15-25(11-8-17-6-4-3-5-7-17)22(28)20(19)21(27)23-10-13-29-2/h3-7,15H,8-14H2,1-2H3,(H,23,27). The Kier molecular flexibility index (Phi) is 7.14. The van der Waals surface area contributed by atoms with Crippen molar-refractivity contribution in [3.63, 3.8) is 0 Å². The summed E-state index contributed by atoms with van der Waals surface area (Å²) in [7, 11) is 0. The van der Waals surface area contributed by atoms with Gasteiger partial charge in [-0.2, -0.15) is 11.8 Å². The number of aryl methyl sites for hydroxylation is 2. The summed E-state index contributed by atoms with van der Waals surface area (Å²) in [6.07, 6.45) is 5.02. The van der Waals surface area contributed by atoms with Crippen molar-refractivity contribution < 1.29 is 9.59 Å². The quantitative estimate of drug-likeness (QED) is 0.706. The minimum atomic E-state index is -0.314. The van der Waals surface area contributed by atoms with E-state index in [0.29, 0.717) is 39.0 Å². The summed E-state index contributed by atoms with van der Waals surface area (Å²) in [5, 5.41) is 2.87. The van der Waals surface area contributed by atoms with Crippen LogP contribution in [0.2, 0.25) is 0 Å². The Bertz CT molecular complexity index is 940. The molecule has 2 aromatic rings. The maximum atomic E-state index is 13.2. The van der Waals surface area contributed by atoms with Gasteiger partial charge in [0.15, 0.2) is 0 Å². The number of amides is 2. The minimum Gasteiger partial charge on any atom is -0.351 e. The number of benzene rings is 1. The molecule has 0 bridgehead atoms. The number of hydrogen-bond acceptors (Lipinski definition) is 4. The first-order chi connectivity index (χ1) is 14.0. The molecule has 1 aliphatic rings. The van der Waals surface area contributed by atoms with Gasteiger partial charge in [-0.15, -0.1) is 0 Å². The van der Waals surface area contributed by atoms with E-state index < -0.39 is 0 Å². The number of pyridine rings is 1. The fraction of sp³-hybridized carbons (Fsp3) is 0.409. The molecule has 1 aromatic heterocycles. The van der Waals surface area contributed by atoms with Crippen molar-refractivity contribution in [1.29, 1.82) is 0 Å². The third kappa shape index (κ3) is 5.09. The second-order valence-corrected chi connectivity index (χ2v) is 8.17. The van der Waals surface area contributed by atoms with Crippen LogP contribution in [0.5, 0.6) is 0 Å². The molecule has 29 heavy (non-hydrogen) atoms. The van der Waals surface area contributed by atoms with Crippen LogP contribution in [0.25, 0.3) is 0 Å². The predicted molar refractivity (Wildman–Crippen MR) is 116 cm³/mol. The fourth-order valence-corrected chi connectivity index (χ4v) is 3.94. The number of nitrogens with zero attached hydrogens (tertiary/aromatic N) is 2. The van der Waals surface area contributed by atoms with E-state index in [1.807, 2.05) is 42.8 Å². The molecular weight excluding hydrogens is 386 g/mol. The Labute approximate surface area is 175 Å². The van der Waals surface area contributed by atoms with Crippen molar-refractivity contribution in [2.45, 2.75) is 32.9 Å². The third-order valence-electron chi connectivity index (χ3n) is 5.22. The first-order valence-corrected chi connectivity index (χ1v) is 11.2. The van der Waals surface area contributed by atoms with Crippen molar-refractivity contribution in [2.24, 2.45) is 0 Å². The largest absolute Gasteiger partial charge is 0.351 e. The van der Waals surface area contributed by atoms with Gasteiger partial charge in [-0.05, 0) is 35.8 Å². The third-order valence-corrected chi connectivity index (χ3v) is 5.83. The smallest absolute Gasteiger partial charge is 0.263 e. The SMILES string of the molecule is CSCCNC(=O)c1c2c(cn(CCc3ccccc3)c1=O)CN(C(C)=O)CC2. The second-order valence-electron chi connectivity index (χ2n) is 7.18. The Balaban J connectivity index is 1.94. The average Bonchev–Trinajstić information content (AvgIpc) is 2.72. The molecule has 0 radical (unpaired) electrons. The van der Waals surface area contributed by atoms with Crippen molar-refractivity contribution in [3.8, 4) is 0 Å². The van der Waals surface area contributed by atoms with E-state index in [4.69, 9.17) is 0 Å². The number of aromatic nitrogens is 1. The molecule has 1 aromatic carbocycles. The Hall–Kier alpha value is -2.54. The van der Waals surface area contributed by atoms with Gasteiger partial charge in [0.25, 0.3) is 11.5 Å². The van der Waals surface area contributed by atoms with Crippen LogP contribution in [-0.2, 0) is 30.7 Å². The molecule has 1 N–H and O–H groups in total. The molecule has 0 saturated heterocycles. The molecule has 0 fully saturated rings. The summed E-state index contributed by atoms with van der Waals surface area (Å²) in [5.41, 5.74) is 2.78. The number of thioether (sulfide) groups is 1. The molecule has 0 unspecified atom stereocenters. The monoisotopic (exact) mass is 413 g/mol. The van der Waals surface area contributed by atoms with Crippen molar-refractivity contribution in [3.05, 3.63) is 69.1 Å². The number of rotatable bonds is 7. The van der Waals surface area contributed by atoms with Crippen LogP contribution in [-0.4, -0.2) is 46.4 Å². The van der Waals surface area contributed by atoms with E-state index in [9.17, 15) is 14.4 Å². The summed E-state index contributed by atoms with van der Waals surface area (Å²) < 4.78 is 1.62. The summed E-state index contributed by atoms with van der Waals surface area (Å²) in [6, 6.07) is 9.95. The Morgan fingerprint density at radius 3 is 2.66 bits per heavy atom. The molecule has 3 rings (SSSR count). The summed E-state index contributed by atoms with van der Waals surface area (Å²) in [4.78, 5) is 39.6. The van der Waals surface area contributed by atoms with E-state index in [1.165, 1.54) is 0 Å². The molecule has 154 valence electrons. The van der Waals surface area contributed by atoms with E-state index in [1.54, 1.807) is 28.2 Å². The van der Waals surface area contributed by atoms with Gasteiger partial charge in [0.2, 0.25) is 5.91 Å². The molecule has 0 saturated carbocycles. The van der Waals surface area contributed by atoms with Crippen molar-refractivity contribution in [2.75, 3.05) is 25.1 Å². The lowest BCUT2D eigenvalue weighted by molar-refractivity contribution is -0.129. The van der Waals surface area contributed by atoms with Crippen molar-refractivity contribution >= 4 is 23.6 Å². The number of fused-ring (bicyclic) bond motifs is 1. The average molecular weight is 414 g/mol. The van der Waals surface area contributed by atoms with Gasteiger partial charge in [0.05, 0.1) is 0 Å². The van der Waals surface area contributed by atoms with E-state index >= 15 is 0 Å². The van der Waals surface area contributed by atoms with Crippen LogP contribution in [0.15, 0.2) is 41.3 Å². The molecule has 1 aliphatic heterocycles. The van der Waals surface area contributed by atoms with Gasteiger partial charge in [-0.3, -0.25) is 14.4 Å². The lowest BCUT2D eigenvalue weighted by atomic mass is 9.96. The van der Waals surface area contributed by atoms with Crippen LogP contribution in [0.4, 0.5) is 0 Å². The Morgan fingerprint density at radius 2 is 1.97 bits per heavy atom. The molecule has 0 atom stereocenters. The van der Waals surface area contributed by atoms with Gasteiger partial charge >= 0.3 is 0 Å². The lowest BCUT2D eigenvalue weighted by Gasteiger charge is -2.29. The zero-order valence-electron chi connectivity index (χ0n) is 16.9. The van der Waals surface area contributed by atoms with Gasteiger partial charge in [-0.1, -0.05) is 30.3 Å². The normalized spacial score (nSPS) is 13.1. The highest BCUT2D eigenvalue weighted by Crippen LogP contribution is 2.21. The summed E-state index contributed by atoms with van der Waals surface area (Å²) in [6.45, 7) is 3.52. The van der Waals surface area contributed by atoms with Gasteiger partial charge < -0.3 is 14.8 Å². The van der Waals surface area contributed by atoms with E-state index in [0.717, 1.165) is 22.4 Å². The van der Waals surface area contributed by atoms with Gasteiger partial charge in [0.1, 0.15) is 5.56 Å². The zero-order chi connectivity index (χ0) is 20.8.